The summed E-state index contributed by atoms with van der Waals surface area (Å²) in [5.74, 6) is 2.32. The molecule has 2 fully saturated rings. The molecule has 3 aliphatic rings. The molecular weight excluding hydrogens is 390 g/mol. The summed E-state index contributed by atoms with van der Waals surface area (Å²) in [6.45, 7) is 2.95. The maximum absolute atomic E-state index is 13.0. The molecule has 2 N–H and O–H groups in total. The Morgan fingerprint density at radius 2 is 1.93 bits per heavy atom. The van der Waals surface area contributed by atoms with Crippen molar-refractivity contribution in [2.75, 3.05) is 46.2 Å². The first kappa shape index (κ1) is 20.9. The van der Waals surface area contributed by atoms with Crippen molar-refractivity contribution in [1.29, 1.82) is 0 Å². The highest BCUT2D eigenvalue weighted by Crippen LogP contribution is 2.48. The zero-order chi connectivity index (χ0) is 20.6. The lowest BCUT2D eigenvalue weighted by Gasteiger charge is -2.52. The molecule has 3 aliphatic heterocycles. The molecule has 0 bridgehead atoms. The van der Waals surface area contributed by atoms with Gasteiger partial charge in [-0.05, 0) is 56.7 Å². The van der Waals surface area contributed by atoms with E-state index in [0.29, 0.717) is 25.4 Å². The lowest BCUT2D eigenvalue weighted by molar-refractivity contribution is 0.0207. The van der Waals surface area contributed by atoms with E-state index in [1.807, 2.05) is 12.1 Å². The molecule has 3 heterocycles. The van der Waals surface area contributed by atoms with Gasteiger partial charge in [0.05, 0.1) is 20.0 Å². The van der Waals surface area contributed by atoms with Crippen LogP contribution in [0.15, 0.2) is 12.1 Å². The van der Waals surface area contributed by atoms with Crippen molar-refractivity contribution in [3.63, 3.8) is 0 Å². The molecule has 2 saturated heterocycles. The van der Waals surface area contributed by atoms with E-state index in [4.69, 9.17) is 15.2 Å². The van der Waals surface area contributed by atoms with Gasteiger partial charge in [-0.15, -0.1) is 0 Å². The summed E-state index contributed by atoms with van der Waals surface area (Å²) in [6, 6.07) is 4.16. The van der Waals surface area contributed by atoms with Gasteiger partial charge in [0.1, 0.15) is 11.5 Å². The van der Waals surface area contributed by atoms with Crippen molar-refractivity contribution >= 4 is 10.0 Å². The molecule has 0 saturated carbocycles. The van der Waals surface area contributed by atoms with Crippen LogP contribution < -0.4 is 15.2 Å². The second kappa shape index (κ2) is 8.41. The number of benzene rings is 1. The molecule has 7 nitrogen and oxygen atoms in total. The lowest BCUT2D eigenvalue weighted by atomic mass is 9.77. The van der Waals surface area contributed by atoms with Crippen LogP contribution in [0.25, 0.3) is 0 Å². The Labute approximate surface area is 174 Å². The van der Waals surface area contributed by atoms with E-state index >= 15 is 0 Å². The van der Waals surface area contributed by atoms with E-state index in [2.05, 4.69) is 4.90 Å². The van der Waals surface area contributed by atoms with Gasteiger partial charge in [-0.3, -0.25) is 4.90 Å². The highest BCUT2D eigenvalue weighted by molar-refractivity contribution is 7.89. The second-order valence-electron chi connectivity index (χ2n) is 8.40. The number of hydrogen-bond acceptors (Lipinski definition) is 6. The fourth-order valence-electron chi connectivity index (χ4n) is 5.58. The minimum Gasteiger partial charge on any atom is -0.496 e. The third kappa shape index (κ3) is 3.76. The van der Waals surface area contributed by atoms with Crippen molar-refractivity contribution in [3.8, 4) is 11.5 Å². The predicted octanol–water partition coefficient (Wildman–Crippen LogP) is 1.77. The summed E-state index contributed by atoms with van der Waals surface area (Å²) in [5, 5.41) is 0. The summed E-state index contributed by atoms with van der Waals surface area (Å²) >= 11 is 0. The Kier molecular flexibility index (Phi) is 6.06. The van der Waals surface area contributed by atoms with Crippen molar-refractivity contribution in [1.82, 2.24) is 9.21 Å². The molecule has 4 rings (SSSR count). The quantitative estimate of drug-likeness (QED) is 0.751. The topological polar surface area (TPSA) is 85.1 Å². The predicted molar refractivity (Wildman–Crippen MR) is 113 cm³/mol. The van der Waals surface area contributed by atoms with Gasteiger partial charge in [-0.1, -0.05) is 0 Å². The number of piperidine rings is 2. The molecule has 29 heavy (non-hydrogen) atoms. The lowest BCUT2D eigenvalue weighted by Crippen LogP contribution is -2.57. The summed E-state index contributed by atoms with van der Waals surface area (Å²) < 4.78 is 39.2. The first-order valence-electron chi connectivity index (χ1n) is 10.7. The highest BCUT2D eigenvalue weighted by Gasteiger charge is 2.46. The Morgan fingerprint density at radius 1 is 1.17 bits per heavy atom. The van der Waals surface area contributed by atoms with Gasteiger partial charge in [-0.25, -0.2) is 8.42 Å². The van der Waals surface area contributed by atoms with Gasteiger partial charge in [0.15, 0.2) is 0 Å². The summed E-state index contributed by atoms with van der Waals surface area (Å²) in [4.78, 5) is 2.53. The van der Waals surface area contributed by atoms with Crippen LogP contribution in [0.3, 0.4) is 0 Å². The summed E-state index contributed by atoms with van der Waals surface area (Å²) in [6.07, 6.45) is 4.29. The average molecular weight is 424 g/mol. The Bertz CT molecular complexity index is 845. The molecule has 3 atom stereocenters. The molecule has 0 aromatic heterocycles. The van der Waals surface area contributed by atoms with Crippen molar-refractivity contribution in [3.05, 3.63) is 23.3 Å². The maximum Gasteiger partial charge on any atom is 0.214 e. The minimum atomic E-state index is -3.28. The van der Waals surface area contributed by atoms with Crippen LogP contribution in [-0.2, 0) is 16.4 Å². The van der Waals surface area contributed by atoms with Crippen LogP contribution in [0.5, 0.6) is 11.5 Å². The molecule has 162 valence electrons. The van der Waals surface area contributed by atoms with E-state index in [0.717, 1.165) is 50.3 Å². The van der Waals surface area contributed by atoms with Crippen LogP contribution in [0.4, 0.5) is 0 Å². The highest BCUT2D eigenvalue weighted by atomic mass is 32.2. The Morgan fingerprint density at radius 3 is 2.66 bits per heavy atom. The van der Waals surface area contributed by atoms with Gasteiger partial charge in [0.25, 0.3) is 0 Å². The number of methoxy groups -OCH3 is 2. The number of sulfonamides is 1. The number of hydrogen-bond donors (Lipinski definition) is 1. The standard InChI is InChI=1S/C21H33N3O4S/c1-27-19-6-7-20(28-2)21-16(19)8-11-23-14-15-5-3-10-24(17(15)13-18(21)23)29(25,26)12-4-9-22/h6-7,15,17-18H,3-5,8-14,22H2,1-2H3/t15-,17+,18+/m1/s1. The zero-order valence-electron chi connectivity index (χ0n) is 17.5. The largest absolute Gasteiger partial charge is 0.496 e. The van der Waals surface area contributed by atoms with Crippen molar-refractivity contribution in [2.45, 2.75) is 44.2 Å². The number of fused-ring (bicyclic) bond motifs is 4. The van der Waals surface area contributed by atoms with E-state index in [1.54, 1.807) is 18.5 Å². The van der Waals surface area contributed by atoms with E-state index in [9.17, 15) is 8.42 Å². The first-order chi connectivity index (χ1) is 14.0. The molecular formula is C21H33N3O4S. The molecule has 1 aromatic rings. The van der Waals surface area contributed by atoms with Crippen LogP contribution >= 0.6 is 0 Å². The Balaban J connectivity index is 1.68. The van der Waals surface area contributed by atoms with Crippen LogP contribution in [0.1, 0.15) is 42.9 Å². The maximum atomic E-state index is 13.0. The number of rotatable bonds is 6. The van der Waals surface area contributed by atoms with Crippen LogP contribution in [0.2, 0.25) is 0 Å². The van der Waals surface area contributed by atoms with Crippen LogP contribution in [-0.4, -0.2) is 69.8 Å². The van der Waals surface area contributed by atoms with E-state index in [1.165, 1.54) is 11.1 Å². The number of ether oxygens (including phenoxy) is 2. The number of nitrogens with zero attached hydrogens (tertiary/aromatic N) is 2. The summed E-state index contributed by atoms with van der Waals surface area (Å²) in [7, 11) is 0.131. The van der Waals surface area contributed by atoms with Gasteiger partial charge in [0, 0.05) is 42.8 Å². The molecule has 0 radical (unpaired) electrons. The molecule has 0 amide bonds. The van der Waals surface area contributed by atoms with Crippen molar-refractivity contribution < 1.29 is 17.9 Å². The van der Waals surface area contributed by atoms with Crippen molar-refractivity contribution in [2.24, 2.45) is 11.7 Å². The second-order valence-corrected chi connectivity index (χ2v) is 10.4. The minimum absolute atomic E-state index is 0.0506. The molecule has 0 spiro atoms. The first-order valence-corrected chi connectivity index (χ1v) is 12.3. The molecule has 0 aliphatic carbocycles. The summed E-state index contributed by atoms with van der Waals surface area (Å²) in [5.41, 5.74) is 7.97. The van der Waals surface area contributed by atoms with Gasteiger partial charge < -0.3 is 15.2 Å². The van der Waals surface area contributed by atoms with Gasteiger partial charge in [-0.2, -0.15) is 4.31 Å². The Hall–Kier alpha value is -1.35. The van der Waals surface area contributed by atoms with Crippen LogP contribution in [0, 0.1) is 5.92 Å². The van der Waals surface area contributed by atoms with Gasteiger partial charge >= 0.3 is 0 Å². The third-order valence-electron chi connectivity index (χ3n) is 6.90. The normalized spacial score (nSPS) is 27.6. The zero-order valence-corrected chi connectivity index (χ0v) is 18.3. The smallest absolute Gasteiger partial charge is 0.214 e. The molecule has 8 heteroatoms. The van der Waals surface area contributed by atoms with Gasteiger partial charge in [0.2, 0.25) is 10.0 Å². The molecule has 0 unspecified atom stereocenters. The fraction of sp³-hybridized carbons (Fsp3) is 0.714. The monoisotopic (exact) mass is 423 g/mol. The van der Waals surface area contributed by atoms with E-state index < -0.39 is 10.0 Å². The SMILES string of the molecule is COc1ccc(OC)c2c1CCN1C[C@H]3CCCN(S(=O)(=O)CCCN)[C@H]3C[C@@H]21. The molecule has 1 aromatic carbocycles. The average Bonchev–Trinajstić information content (AvgIpc) is 2.74. The number of nitrogens with two attached hydrogens (primary N) is 1. The van der Waals surface area contributed by atoms with E-state index in [-0.39, 0.29) is 17.8 Å². The third-order valence-corrected chi connectivity index (χ3v) is 8.87. The fourth-order valence-corrected chi connectivity index (χ4v) is 7.42.